The average Bonchev–Trinajstić information content (AvgIpc) is 3.02. The molecule has 0 bridgehead atoms. The van der Waals surface area contributed by atoms with Gasteiger partial charge in [-0.25, -0.2) is 4.79 Å². The molecule has 2 aromatic rings. The Morgan fingerprint density at radius 1 is 0.689 bits per heavy atom. The minimum Gasteiger partial charge on any atom is -0.493 e. The summed E-state index contributed by atoms with van der Waals surface area (Å²) in [6, 6.07) is 5.56. The number of ether oxygens (including phenoxy) is 7. The van der Waals surface area contributed by atoms with Gasteiger partial charge in [0.15, 0.2) is 30.2 Å². The van der Waals surface area contributed by atoms with Gasteiger partial charge in [-0.05, 0) is 26.0 Å². The van der Waals surface area contributed by atoms with Gasteiger partial charge < -0.3 is 78.4 Å². The van der Waals surface area contributed by atoms with E-state index in [0.717, 1.165) is 0 Å². The smallest absolute Gasteiger partial charge is 0.336 e. The van der Waals surface area contributed by atoms with Crippen LogP contribution in [0.1, 0.15) is 13.8 Å². The van der Waals surface area contributed by atoms with E-state index in [2.05, 4.69) is 0 Å². The predicted octanol–water partition coefficient (Wildman–Crippen LogP) is -3.32. The van der Waals surface area contributed by atoms with Gasteiger partial charge in [0.05, 0.1) is 25.9 Å². The van der Waals surface area contributed by atoms with E-state index < -0.39 is 104 Å². The third kappa shape index (κ3) is 6.82. The van der Waals surface area contributed by atoms with Crippen LogP contribution in [0.15, 0.2) is 33.5 Å². The Balaban J connectivity index is 1.42. The van der Waals surface area contributed by atoms with Gasteiger partial charge in [0, 0.05) is 17.5 Å². The molecule has 4 heterocycles. The van der Waals surface area contributed by atoms with E-state index >= 15 is 0 Å². The van der Waals surface area contributed by atoms with E-state index in [-0.39, 0.29) is 17.1 Å². The van der Waals surface area contributed by atoms with Crippen LogP contribution in [-0.4, -0.2) is 147 Å². The molecule has 17 heteroatoms. The van der Waals surface area contributed by atoms with Gasteiger partial charge in [0.1, 0.15) is 60.5 Å². The first-order chi connectivity index (χ1) is 21.3. The number of methoxy groups -OCH3 is 1. The molecule has 3 saturated heterocycles. The zero-order valence-electron chi connectivity index (χ0n) is 24.4. The van der Waals surface area contributed by atoms with Crippen LogP contribution in [0.25, 0.3) is 11.0 Å². The van der Waals surface area contributed by atoms with E-state index in [1.54, 1.807) is 0 Å². The summed E-state index contributed by atoms with van der Waals surface area (Å²) in [5.74, 6) is 0.0978. The first kappa shape index (κ1) is 33.9. The summed E-state index contributed by atoms with van der Waals surface area (Å²) in [4.78, 5) is 11.8. The van der Waals surface area contributed by atoms with Crippen molar-refractivity contribution in [2.24, 2.45) is 0 Å². The van der Waals surface area contributed by atoms with Crippen LogP contribution < -0.4 is 15.1 Å². The number of aliphatic hydroxyl groups excluding tert-OH is 8. The van der Waals surface area contributed by atoms with Crippen LogP contribution in [0.5, 0.6) is 11.5 Å². The topological polar surface area (TPSA) is 257 Å². The van der Waals surface area contributed by atoms with E-state index in [0.29, 0.717) is 5.39 Å². The van der Waals surface area contributed by atoms with Crippen molar-refractivity contribution in [1.82, 2.24) is 0 Å². The maximum Gasteiger partial charge on any atom is 0.336 e. The molecule has 5 rings (SSSR count). The zero-order valence-corrected chi connectivity index (χ0v) is 24.4. The van der Waals surface area contributed by atoms with Crippen molar-refractivity contribution in [2.45, 2.75) is 106 Å². The van der Waals surface area contributed by atoms with Crippen LogP contribution in [0.2, 0.25) is 0 Å². The Bertz CT molecular complexity index is 1350. The Morgan fingerprint density at radius 3 is 1.96 bits per heavy atom. The number of fused-ring (bicyclic) bond motifs is 1. The van der Waals surface area contributed by atoms with Crippen LogP contribution in [-0.2, 0) is 23.7 Å². The van der Waals surface area contributed by atoms with E-state index in [9.17, 15) is 45.6 Å². The highest BCUT2D eigenvalue weighted by Gasteiger charge is 2.52. The molecule has 15 atom stereocenters. The van der Waals surface area contributed by atoms with Crippen LogP contribution in [0.4, 0.5) is 0 Å². The van der Waals surface area contributed by atoms with Crippen molar-refractivity contribution in [3.63, 3.8) is 0 Å². The molecule has 3 aliphatic rings. The lowest BCUT2D eigenvalue weighted by atomic mass is 9.97. The molecular weight excluding hydrogens is 608 g/mol. The fourth-order valence-corrected chi connectivity index (χ4v) is 5.36. The van der Waals surface area contributed by atoms with Gasteiger partial charge in [-0.3, -0.25) is 0 Å². The molecule has 1 aromatic heterocycles. The number of hydrogen-bond acceptors (Lipinski definition) is 17. The Labute approximate surface area is 255 Å². The monoisotopic (exact) mass is 646 g/mol. The van der Waals surface area contributed by atoms with Crippen LogP contribution in [0.3, 0.4) is 0 Å². The third-order valence-corrected chi connectivity index (χ3v) is 8.13. The maximum absolute atomic E-state index is 11.8. The summed E-state index contributed by atoms with van der Waals surface area (Å²) in [7, 11) is 1.35. The largest absolute Gasteiger partial charge is 0.493 e. The second-order valence-electron chi connectivity index (χ2n) is 11.2. The SMILES string of the molecule is COc1cc2ccc(=O)oc2cc1OC1O[C@H](COC2O[C@@H](C)[C@H](O)[C@@H](O)[C@H]2O)[C@@H](O)[C@H](O)[C@H]1OC1O[C@@H](C)[C@H](O)[C@@H](O)[C@H]1O. The van der Waals surface area contributed by atoms with Gasteiger partial charge in [0.25, 0.3) is 0 Å². The highest BCUT2D eigenvalue weighted by atomic mass is 16.8. The molecule has 0 amide bonds. The lowest BCUT2D eigenvalue weighted by Crippen LogP contribution is -2.65. The molecule has 3 aliphatic heterocycles. The second kappa shape index (κ2) is 13.7. The lowest BCUT2D eigenvalue weighted by molar-refractivity contribution is -0.360. The standard InChI is InChI=1S/C28H38O17/c1-9-17(30)20(33)23(36)26(40-9)39-8-15-19(32)22(35)25(45-27-24(37)21(34)18(31)10(2)41-27)28(44-15)43-14-7-12-11(6-13(14)38-3)4-5-16(29)42-12/h4-7,9-10,15,17-28,30-37H,8H2,1-3H3/t9-,10-,15+,17-,18-,19+,20+,21+,22-,23+,24+,25+,26?,27?,28?/m0/s1. The summed E-state index contributed by atoms with van der Waals surface area (Å²) >= 11 is 0. The average molecular weight is 647 g/mol. The summed E-state index contributed by atoms with van der Waals surface area (Å²) in [6.07, 6.45) is -22.7. The molecule has 0 aliphatic carbocycles. The Hall–Kier alpha value is -2.49. The maximum atomic E-state index is 11.8. The van der Waals surface area contributed by atoms with E-state index in [4.69, 9.17) is 37.6 Å². The quantitative estimate of drug-likeness (QED) is 0.131. The van der Waals surface area contributed by atoms with Crippen molar-refractivity contribution >= 4 is 11.0 Å². The van der Waals surface area contributed by atoms with Crippen molar-refractivity contribution in [1.29, 1.82) is 0 Å². The first-order valence-corrected chi connectivity index (χ1v) is 14.3. The summed E-state index contributed by atoms with van der Waals surface area (Å²) < 4.78 is 44.9. The third-order valence-electron chi connectivity index (χ3n) is 8.13. The molecule has 8 N–H and O–H groups in total. The number of benzene rings is 1. The number of rotatable bonds is 8. The van der Waals surface area contributed by atoms with Crippen LogP contribution >= 0.6 is 0 Å². The van der Waals surface area contributed by atoms with Crippen molar-refractivity contribution in [2.75, 3.05) is 13.7 Å². The molecule has 0 radical (unpaired) electrons. The van der Waals surface area contributed by atoms with Crippen molar-refractivity contribution < 1.29 is 78.4 Å². The lowest BCUT2D eigenvalue weighted by Gasteiger charge is -2.46. The molecule has 45 heavy (non-hydrogen) atoms. The zero-order chi connectivity index (χ0) is 32.7. The van der Waals surface area contributed by atoms with Gasteiger partial charge >= 0.3 is 5.63 Å². The van der Waals surface area contributed by atoms with Crippen LogP contribution in [0, 0.1) is 0 Å². The fraction of sp³-hybridized carbons (Fsp3) is 0.679. The molecule has 3 unspecified atom stereocenters. The second-order valence-corrected chi connectivity index (χ2v) is 11.2. The number of hydrogen-bond donors (Lipinski definition) is 8. The summed E-state index contributed by atoms with van der Waals surface area (Å²) in [5, 5.41) is 83.9. The van der Waals surface area contributed by atoms with E-state index in [1.165, 1.54) is 45.2 Å². The minimum absolute atomic E-state index is 0.0490. The van der Waals surface area contributed by atoms with E-state index in [1.807, 2.05) is 0 Å². The number of aliphatic hydroxyl groups is 8. The molecule has 17 nitrogen and oxygen atoms in total. The molecule has 1 aromatic carbocycles. The normalized spacial score (nSPS) is 42.4. The molecule has 3 fully saturated rings. The first-order valence-electron chi connectivity index (χ1n) is 14.3. The predicted molar refractivity (Wildman–Crippen MR) is 146 cm³/mol. The Kier molecular flexibility index (Phi) is 10.3. The molecule has 252 valence electrons. The van der Waals surface area contributed by atoms with Gasteiger partial charge in [-0.15, -0.1) is 0 Å². The highest BCUT2D eigenvalue weighted by molar-refractivity contribution is 5.80. The highest BCUT2D eigenvalue weighted by Crippen LogP contribution is 2.36. The minimum atomic E-state index is -1.82. The summed E-state index contributed by atoms with van der Waals surface area (Å²) in [6.45, 7) is 2.35. The van der Waals surface area contributed by atoms with Gasteiger partial charge in [-0.1, -0.05) is 0 Å². The van der Waals surface area contributed by atoms with Crippen molar-refractivity contribution in [3.8, 4) is 11.5 Å². The fourth-order valence-electron chi connectivity index (χ4n) is 5.36. The molecular formula is C28H38O17. The summed E-state index contributed by atoms with van der Waals surface area (Å²) in [5.41, 5.74) is -0.524. The van der Waals surface area contributed by atoms with Gasteiger partial charge in [0.2, 0.25) is 6.29 Å². The van der Waals surface area contributed by atoms with Crippen molar-refractivity contribution in [3.05, 3.63) is 34.7 Å². The Morgan fingerprint density at radius 2 is 1.31 bits per heavy atom. The van der Waals surface area contributed by atoms with Gasteiger partial charge in [-0.2, -0.15) is 0 Å². The molecule has 0 spiro atoms. The molecule has 0 saturated carbocycles.